The van der Waals surface area contributed by atoms with Crippen molar-refractivity contribution in [3.05, 3.63) is 0 Å². The van der Waals surface area contributed by atoms with Crippen LogP contribution in [0.15, 0.2) is 0 Å². The lowest BCUT2D eigenvalue weighted by Crippen LogP contribution is -2.39. The van der Waals surface area contributed by atoms with E-state index in [1.807, 2.05) is 11.9 Å². The van der Waals surface area contributed by atoms with E-state index in [1.54, 1.807) is 0 Å². The molecule has 2 atom stereocenters. The molecule has 2 aliphatic heterocycles. The van der Waals surface area contributed by atoms with Gasteiger partial charge in [0.1, 0.15) is 0 Å². The van der Waals surface area contributed by atoms with Crippen molar-refractivity contribution in [2.24, 2.45) is 5.41 Å². The average molecular weight is 225 g/mol. The molecular formula is C12H23N3O. The Labute approximate surface area is 98.0 Å². The molecule has 92 valence electrons. The Balaban J connectivity index is 2.10. The van der Waals surface area contributed by atoms with Crippen molar-refractivity contribution in [2.45, 2.75) is 39.3 Å². The SMILES string of the molecule is CN1C(=O)N(C2CCNC2)CC1C(C)(C)C. The first-order chi connectivity index (χ1) is 7.41. The van der Waals surface area contributed by atoms with Crippen molar-refractivity contribution < 1.29 is 4.79 Å². The summed E-state index contributed by atoms with van der Waals surface area (Å²) >= 11 is 0. The molecule has 0 aromatic rings. The maximum absolute atomic E-state index is 12.2. The number of hydrogen-bond acceptors (Lipinski definition) is 2. The number of rotatable bonds is 1. The standard InChI is InChI=1S/C12H23N3O/c1-12(2,3)10-8-15(11(16)14(10)4)9-5-6-13-7-9/h9-10,13H,5-8H2,1-4H3. The zero-order chi connectivity index (χ0) is 11.9. The lowest BCUT2D eigenvalue weighted by atomic mass is 9.86. The number of urea groups is 1. The van der Waals surface area contributed by atoms with Crippen LogP contribution >= 0.6 is 0 Å². The molecule has 2 unspecified atom stereocenters. The second-order valence-electron chi connectivity index (χ2n) is 6.07. The fourth-order valence-corrected chi connectivity index (χ4v) is 2.79. The summed E-state index contributed by atoms with van der Waals surface area (Å²) in [6.07, 6.45) is 1.09. The van der Waals surface area contributed by atoms with E-state index in [2.05, 4.69) is 31.0 Å². The molecule has 0 radical (unpaired) electrons. The summed E-state index contributed by atoms with van der Waals surface area (Å²) in [6, 6.07) is 0.941. The van der Waals surface area contributed by atoms with Gasteiger partial charge in [0.05, 0.1) is 6.04 Å². The lowest BCUT2D eigenvalue weighted by molar-refractivity contribution is 0.171. The molecule has 0 aliphatic carbocycles. The Morgan fingerprint density at radius 3 is 2.50 bits per heavy atom. The third-order valence-electron chi connectivity index (χ3n) is 3.86. The molecule has 2 fully saturated rings. The van der Waals surface area contributed by atoms with Gasteiger partial charge in [0.2, 0.25) is 0 Å². The Bertz CT molecular complexity index is 278. The van der Waals surface area contributed by atoms with Crippen molar-refractivity contribution in [1.29, 1.82) is 0 Å². The molecule has 2 aliphatic rings. The molecule has 0 spiro atoms. The average Bonchev–Trinajstić information content (AvgIpc) is 2.75. The quantitative estimate of drug-likeness (QED) is 0.726. The largest absolute Gasteiger partial charge is 0.322 e. The van der Waals surface area contributed by atoms with Gasteiger partial charge >= 0.3 is 6.03 Å². The summed E-state index contributed by atoms with van der Waals surface area (Å²) in [4.78, 5) is 16.1. The van der Waals surface area contributed by atoms with Gasteiger partial charge < -0.3 is 15.1 Å². The summed E-state index contributed by atoms with van der Waals surface area (Å²) in [6.45, 7) is 9.49. The van der Waals surface area contributed by atoms with Gasteiger partial charge in [-0.25, -0.2) is 4.79 Å². The van der Waals surface area contributed by atoms with Gasteiger partial charge in [-0.05, 0) is 18.4 Å². The number of amides is 2. The van der Waals surface area contributed by atoms with E-state index in [9.17, 15) is 4.79 Å². The number of nitrogens with one attached hydrogen (secondary N) is 1. The summed E-state index contributed by atoms with van der Waals surface area (Å²) in [5.74, 6) is 0. The molecule has 4 heteroatoms. The van der Waals surface area contributed by atoms with Gasteiger partial charge in [-0.1, -0.05) is 20.8 Å². The monoisotopic (exact) mass is 225 g/mol. The lowest BCUT2D eigenvalue weighted by Gasteiger charge is -2.31. The first-order valence-corrected chi connectivity index (χ1v) is 6.15. The molecule has 0 aromatic carbocycles. The number of carbonyl (C=O) groups is 1. The first-order valence-electron chi connectivity index (χ1n) is 6.15. The topological polar surface area (TPSA) is 35.6 Å². The van der Waals surface area contributed by atoms with E-state index in [0.717, 1.165) is 26.1 Å². The highest BCUT2D eigenvalue weighted by molar-refractivity contribution is 5.77. The highest BCUT2D eigenvalue weighted by Gasteiger charge is 2.43. The number of hydrogen-bond donors (Lipinski definition) is 1. The third kappa shape index (κ3) is 1.90. The minimum atomic E-state index is 0.158. The van der Waals surface area contributed by atoms with Gasteiger partial charge in [0.25, 0.3) is 0 Å². The van der Waals surface area contributed by atoms with Gasteiger partial charge in [0.15, 0.2) is 0 Å². The number of likely N-dealkylation sites (N-methyl/N-ethyl adjacent to an activating group) is 1. The van der Waals surface area contributed by atoms with E-state index in [0.29, 0.717) is 12.1 Å². The Morgan fingerprint density at radius 2 is 2.06 bits per heavy atom. The van der Waals surface area contributed by atoms with Crippen LogP contribution in [0.25, 0.3) is 0 Å². The normalized spacial score (nSPS) is 31.6. The van der Waals surface area contributed by atoms with Crippen molar-refractivity contribution in [3.8, 4) is 0 Å². The van der Waals surface area contributed by atoms with E-state index < -0.39 is 0 Å². The summed E-state index contributed by atoms with van der Waals surface area (Å²) < 4.78 is 0. The third-order valence-corrected chi connectivity index (χ3v) is 3.86. The maximum Gasteiger partial charge on any atom is 0.320 e. The van der Waals surface area contributed by atoms with Crippen LogP contribution in [0.3, 0.4) is 0 Å². The number of carbonyl (C=O) groups excluding carboxylic acids is 1. The molecule has 4 nitrogen and oxygen atoms in total. The molecule has 2 rings (SSSR count). The minimum absolute atomic E-state index is 0.158. The molecule has 0 aromatic heterocycles. The van der Waals surface area contributed by atoms with Crippen LogP contribution in [0.5, 0.6) is 0 Å². The van der Waals surface area contributed by atoms with Gasteiger partial charge in [0, 0.05) is 26.2 Å². The van der Waals surface area contributed by atoms with Crippen LogP contribution in [0.2, 0.25) is 0 Å². The van der Waals surface area contributed by atoms with Crippen LogP contribution in [-0.2, 0) is 0 Å². The minimum Gasteiger partial charge on any atom is -0.322 e. The Hall–Kier alpha value is -0.770. The smallest absolute Gasteiger partial charge is 0.320 e. The van der Waals surface area contributed by atoms with E-state index >= 15 is 0 Å². The van der Waals surface area contributed by atoms with Crippen LogP contribution in [0.4, 0.5) is 4.79 Å². The molecule has 2 heterocycles. The second-order valence-corrected chi connectivity index (χ2v) is 6.07. The van der Waals surface area contributed by atoms with Crippen LogP contribution in [-0.4, -0.2) is 54.6 Å². The van der Waals surface area contributed by atoms with Crippen LogP contribution < -0.4 is 5.32 Å². The highest BCUT2D eigenvalue weighted by atomic mass is 16.2. The van der Waals surface area contributed by atoms with Gasteiger partial charge in [-0.3, -0.25) is 0 Å². The zero-order valence-corrected chi connectivity index (χ0v) is 10.8. The molecule has 2 saturated heterocycles. The predicted molar refractivity (Wildman–Crippen MR) is 64.4 cm³/mol. The predicted octanol–water partition coefficient (Wildman–Crippen LogP) is 1.13. The molecular weight excluding hydrogens is 202 g/mol. The first kappa shape index (κ1) is 11.7. The fraction of sp³-hybridized carbons (Fsp3) is 0.917. The Kier molecular flexibility index (Phi) is 2.86. The van der Waals surface area contributed by atoms with E-state index in [4.69, 9.17) is 0 Å². The Morgan fingerprint density at radius 1 is 1.38 bits per heavy atom. The second kappa shape index (κ2) is 3.91. The van der Waals surface area contributed by atoms with E-state index in [1.165, 1.54) is 0 Å². The van der Waals surface area contributed by atoms with Crippen molar-refractivity contribution in [2.75, 3.05) is 26.7 Å². The zero-order valence-electron chi connectivity index (χ0n) is 10.8. The van der Waals surface area contributed by atoms with Crippen molar-refractivity contribution >= 4 is 6.03 Å². The fourth-order valence-electron chi connectivity index (χ4n) is 2.79. The van der Waals surface area contributed by atoms with Crippen LogP contribution in [0, 0.1) is 5.41 Å². The molecule has 16 heavy (non-hydrogen) atoms. The summed E-state index contributed by atoms with van der Waals surface area (Å²) in [5, 5.41) is 3.33. The van der Waals surface area contributed by atoms with E-state index in [-0.39, 0.29) is 11.4 Å². The highest BCUT2D eigenvalue weighted by Crippen LogP contribution is 2.31. The summed E-state index contributed by atoms with van der Waals surface area (Å²) in [7, 11) is 1.93. The van der Waals surface area contributed by atoms with Gasteiger partial charge in [-0.15, -0.1) is 0 Å². The molecule has 1 N–H and O–H groups in total. The van der Waals surface area contributed by atoms with Gasteiger partial charge in [-0.2, -0.15) is 0 Å². The van der Waals surface area contributed by atoms with Crippen molar-refractivity contribution in [1.82, 2.24) is 15.1 Å². The number of nitrogens with zero attached hydrogens (tertiary/aromatic N) is 2. The molecule has 0 bridgehead atoms. The molecule has 0 saturated carbocycles. The van der Waals surface area contributed by atoms with Crippen LogP contribution in [0.1, 0.15) is 27.2 Å². The van der Waals surface area contributed by atoms with Crippen molar-refractivity contribution in [3.63, 3.8) is 0 Å². The summed E-state index contributed by atoms with van der Waals surface area (Å²) in [5.41, 5.74) is 0.158. The molecule has 2 amide bonds. The maximum atomic E-state index is 12.2.